The fourth-order valence-electron chi connectivity index (χ4n) is 1.40. The van der Waals surface area contributed by atoms with Crippen LogP contribution >= 0.6 is 0 Å². The monoisotopic (exact) mass is 254 g/mol. The molecule has 1 saturated heterocycles. The van der Waals surface area contributed by atoms with Gasteiger partial charge in [-0.3, -0.25) is 0 Å². The van der Waals surface area contributed by atoms with Gasteiger partial charge in [-0.2, -0.15) is 0 Å². The SMILES string of the molecule is NCC1CCC[I-]CCC1. The summed E-state index contributed by atoms with van der Waals surface area (Å²) in [5.41, 5.74) is 5.63. The zero-order valence-electron chi connectivity index (χ0n) is 6.48. The summed E-state index contributed by atoms with van der Waals surface area (Å²) in [6.45, 7) is 0.929. The molecule has 1 fully saturated rings. The predicted octanol–water partition coefficient (Wildman–Crippen LogP) is -1.78. The first-order valence-electron chi connectivity index (χ1n) is 4.17. The third-order valence-electron chi connectivity index (χ3n) is 2.09. The van der Waals surface area contributed by atoms with Crippen molar-refractivity contribution in [2.75, 3.05) is 15.4 Å². The van der Waals surface area contributed by atoms with Gasteiger partial charge in [-0.1, -0.05) is 0 Å². The van der Waals surface area contributed by atoms with Gasteiger partial charge in [0, 0.05) is 0 Å². The van der Waals surface area contributed by atoms with E-state index in [1.807, 2.05) is 0 Å². The minimum absolute atomic E-state index is 0.604. The van der Waals surface area contributed by atoms with Crippen LogP contribution in [-0.4, -0.2) is 15.4 Å². The van der Waals surface area contributed by atoms with Crippen molar-refractivity contribution in [1.82, 2.24) is 0 Å². The molecule has 0 amide bonds. The van der Waals surface area contributed by atoms with Gasteiger partial charge in [0.05, 0.1) is 0 Å². The van der Waals surface area contributed by atoms with E-state index in [1.54, 1.807) is 8.86 Å². The Kier molecular flexibility index (Phi) is 4.70. The Bertz CT molecular complexity index is 77.3. The fourth-order valence-corrected chi connectivity index (χ4v) is 3.89. The second kappa shape index (κ2) is 5.35. The van der Waals surface area contributed by atoms with Crippen LogP contribution in [0, 0.1) is 5.92 Å². The van der Waals surface area contributed by atoms with Crippen LogP contribution in [0.3, 0.4) is 0 Å². The number of hydrogen-bond donors (Lipinski definition) is 1. The van der Waals surface area contributed by atoms with Crippen molar-refractivity contribution in [2.45, 2.75) is 25.7 Å². The third kappa shape index (κ3) is 3.19. The first-order valence-corrected chi connectivity index (χ1v) is 7.22. The van der Waals surface area contributed by atoms with Crippen molar-refractivity contribution in [3.8, 4) is 0 Å². The summed E-state index contributed by atoms with van der Waals surface area (Å²) in [5.74, 6) is 0.865. The van der Waals surface area contributed by atoms with Gasteiger partial charge in [0.25, 0.3) is 0 Å². The van der Waals surface area contributed by atoms with E-state index in [-0.39, 0.29) is 0 Å². The molecule has 0 saturated carbocycles. The Morgan fingerprint density at radius 1 is 1.20 bits per heavy atom. The van der Waals surface area contributed by atoms with E-state index in [0.717, 1.165) is 12.5 Å². The molecule has 0 aromatic heterocycles. The third-order valence-corrected chi connectivity index (χ3v) is 5.14. The molecule has 0 atom stereocenters. The van der Waals surface area contributed by atoms with Crippen LogP contribution in [-0.2, 0) is 0 Å². The average Bonchev–Trinajstić information content (AvgIpc) is 1.87. The maximum absolute atomic E-state index is 5.63. The van der Waals surface area contributed by atoms with E-state index < -0.39 is 0 Å². The van der Waals surface area contributed by atoms with E-state index in [1.165, 1.54) is 25.7 Å². The molecule has 1 heterocycles. The fraction of sp³-hybridized carbons (Fsp3) is 1.00. The van der Waals surface area contributed by atoms with Gasteiger partial charge in [0.1, 0.15) is 0 Å². The van der Waals surface area contributed by atoms with Crippen LogP contribution in [0.4, 0.5) is 0 Å². The molecule has 0 aromatic carbocycles. The van der Waals surface area contributed by atoms with Gasteiger partial charge in [-0.25, -0.2) is 0 Å². The van der Waals surface area contributed by atoms with Crippen LogP contribution in [0.25, 0.3) is 0 Å². The molecule has 0 spiro atoms. The van der Waals surface area contributed by atoms with E-state index in [4.69, 9.17) is 5.73 Å². The van der Waals surface area contributed by atoms with E-state index in [9.17, 15) is 0 Å². The topological polar surface area (TPSA) is 26.0 Å². The van der Waals surface area contributed by atoms with E-state index in [2.05, 4.69) is 0 Å². The van der Waals surface area contributed by atoms with Crippen molar-refractivity contribution in [2.24, 2.45) is 11.7 Å². The molecule has 1 rings (SSSR count). The van der Waals surface area contributed by atoms with Gasteiger partial charge < -0.3 is 0 Å². The maximum atomic E-state index is 5.63. The Labute approximate surface area is 74.0 Å². The molecule has 0 radical (unpaired) electrons. The minimum atomic E-state index is 0.604. The normalized spacial score (nSPS) is 24.5. The van der Waals surface area contributed by atoms with Crippen molar-refractivity contribution in [3.63, 3.8) is 0 Å². The zero-order chi connectivity index (χ0) is 7.23. The summed E-state index contributed by atoms with van der Waals surface area (Å²) in [6.07, 6.45) is 5.76. The average molecular weight is 254 g/mol. The molecule has 1 aliphatic rings. The molecular weight excluding hydrogens is 237 g/mol. The van der Waals surface area contributed by atoms with Crippen LogP contribution in [0.1, 0.15) is 25.7 Å². The predicted molar refractivity (Wildman–Crippen MR) is 40.7 cm³/mol. The summed E-state index contributed by atoms with van der Waals surface area (Å²) >= 11 is 0.604. The van der Waals surface area contributed by atoms with Crippen LogP contribution in [0.5, 0.6) is 0 Å². The van der Waals surface area contributed by atoms with Crippen molar-refractivity contribution >= 4 is 0 Å². The second-order valence-corrected chi connectivity index (χ2v) is 6.19. The Hall–Kier alpha value is 0.690. The summed E-state index contributed by atoms with van der Waals surface area (Å²) in [6, 6.07) is 0. The van der Waals surface area contributed by atoms with Crippen LogP contribution in [0.15, 0.2) is 0 Å². The zero-order valence-corrected chi connectivity index (χ0v) is 8.64. The van der Waals surface area contributed by atoms with Crippen molar-refractivity contribution < 1.29 is 21.2 Å². The summed E-state index contributed by atoms with van der Waals surface area (Å²) in [7, 11) is 0. The number of hydrogen-bond acceptors (Lipinski definition) is 1. The van der Waals surface area contributed by atoms with Crippen LogP contribution in [0.2, 0.25) is 0 Å². The first kappa shape index (κ1) is 8.78. The summed E-state index contributed by atoms with van der Waals surface area (Å²) in [5, 5.41) is 0. The Morgan fingerprint density at radius 3 is 2.30 bits per heavy atom. The summed E-state index contributed by atoms with van der Waals surface area (Å²) < 4.78 is 3.10. The number of halogens is 1. The second-order valence-electron chi connectivity index (χ2n) is 2.95. The van der Waals surface area contributed by atoms with Gasteiger partial charge in [-0.05, 0) is 0 Å². The van der Waals surface area contributed by atoms with Crippen molar-refractivity contribution in [3.05, 3.63) is 0 Å². The Morgan fingerprint density at radius 2 is 1.80 bits per heavy atom. The molecule has 0 aliphatic carbocycles. The van der Waals surface area contributed by atoms with Gasteiger partial charge >= 0.3 is 73.9 Å². The molecule has 1 nitrogen and oxygen atoms in total. The molecule has 0 bridgehead atoms. The molecule has 62 valence electrons. The Balaban J connectivity index is 2.16. The van der Waals surface area contributed by atoms with E-state index >= 15 is 0 Å². The summed E-state index contributed by atoms with van der Waals surface area (Å²) in [4.78, 5) is 0. The van der Waals surface area contributed by atoms with Crippen molar-refractivity contribution in [1.29, 1.82) is 0 Å². The van der Waals surface area contributed by atoms with Crippen LogP contribution < -0.4 is 26.9 Å². The molecule has 0 aromatic rings. The molecule has 0 unspecified atom stereocenters. The molecular formula is C8H17IN-. The number of alkyl halides is 2. The van der Waals surface area contributed by atoms with E-state index in [0.29, 0.717) is 21.2 Å². The van der Waals surface area contributed by atoms with Gasteiger partial charge in [-0.15, -0.1) is 0 Å². The first-order chi connectivity index (χ1) is 4.93. The number of nitrogens with two attached hydrogens (primary N) is 1. The van der Waals surface area contributed by atoms with Gasteiger partial charge in [0.15, 0.2) is 0 Å². The van der Waals surface area contributed by atoms with Gasteiger partial charge in [0.2, 0.25) is 0 Å². The molecule has 2 N–H and O–H groups in total. The molecule has 1 aliphatic heterocycles. The standard InChI is InChI=1S/C8H17IN/c10-7-8-3-1-5-9-6-2-4-8/h8H,1-7,10H2/q-1. The quantitative estimate of drug-likeness (QED) is 0.435. The molecule has 2 heteroatoms. The number of rotatable bonds is 1. The molecule has 10 heavy (non-hydrogen) atoms.